The van der Waals surface area contributed by atoms with Crippen molar-refractivity contribution in [3.8, 4) is 0 Å². The van der Waals surface area contributed by atoms with E-state index >= 15 is 0 Å². The summed E-state index contributed by atoms with van der Waals surface area (Å²) in [4.78, 5) is 25.0. The molecule has 2 aromatic rings. The van der Waals surface area contributed by atoms with Gasteiger partial charge in [-0.15, -0.1) is 0 Å². The van der Waals surface area contributed by atoms with Crippen molar-refractivity contribution < 1.29 is 23.5 Å². The molecule has 7 heteroatoms. The average molecular weight is 358 g/mol. The summed E-state index contributed by atoms with van der Waals surface area (Å²) >= 11 is 0. The molecular weight excluding hydrogens is 342 g/mol. The lowest BCUT2D eigenvalue weighted by molar-refractivity contribution is -0.111. The first kappa shape index (κ1) is 17.8. The molecule has 26 heavy (non-hydrogen) atoms. The van der Waals surface area contributed by atoms with Crippen LogP contribution in [0.3, 0.4) is 0 Å². The van der Waals surface area contributed by atoms with Crippen LogP contribution in [-0.4, -0.2) is 34.9 Å². The predicted molar refractivity (Wildman–Crippen MR) is 91.4 cm³/mol. The first-order chi connectivity index (χ1) is 12.3. The molecule has 1 aliphatic rings. The van der Waals surface area contributed by atoms with Gasteiger partial charge in [-0.1, -0.05) is 6.58 Å². The zero-order valence-electron chi connectivity index (χ0n) is 13.7. The highest BCUT2D eigenvalue weighted by molar-refractivity contribution is 6.00. The number of β-amino-alcohol motifs (C(OH)–C–C–N with tert-alkyl or cyclic N) is 1. The largest absolute Gasteiger partial charge is 0.381 e. The molecule has 134 valence electrons. The third-order valence-electron chi connectivity index (χ3n) is 4.18. The van der Waals surface area contributed by atoms with E-state index in [1.165, 1.54) is 4.90 Å². The van der Waals surface area contributed by atoms with Gasteiger partial charge in [0, 0.05) is 17.3 Å². The molecule has 1 fully saturated rings. The van der Waals surface area contributed by atoms with Crippen LogP contribution in [0, 0.1) is 11.6 Å². The molecule has 0 unspecified atom stereocenters. The summed E-state index contributed by atoms with van der Waals surface area (Å²) in [5.74, 6) is -2.25. The van der Waals surface area contributed by atoms with Crippen LogP contribution in [-0.2, 0) is 10.4 Å². The number of amides is 2. The van der Waals surface area contributed by atoms with Crippen molar-refractivity contribution in [2.24, 2.45) is 0 Å². The van der Waals surface area contributed by atoms with Crippen molar-refractivity contribution >= 4 is 17.5 Å². The summed E-state index contributed by atoms with van der Waals surface area (Å²) in [7, 11) is 0. The van der Waals surface area contributed by atoms with Crippen molar-refractivity contribution in [1.29, 1.82) is 0 Å². The second-order valence-electron chi connectivity index (χ2n) is 6.12. The molecule has 0 atom stereocenters. The maximum absolute atomic E-state index is 13.3. The molecule has 0 saturated carbocycles. The van der Waals surface area contributed by atoms with Crippen LogP contribution in [0.15, 0.2) is 55.1 Å². The topological polar surface area (TPSA) is 69.6 Å². The van der Waals surface area contributed by atoms with Gasteiger partial charge >= 0.3 is 0 Å². The number of hydrogen-bond donors (Lipinski definition) is 2. The molecule has 0 aromatic heterocycles. The maximum Gasteiger partial charge on any atom is 0.254 e. The Labute approximate surface area is 148 Å². The lowest BCUT2D eigenvalue weighted by atomic mass is 9.85. The summed E-state index contributed by atoms with van der Waals surface area (Å²) < 4.78 is 26.7. The minimum atomic E-state index is -1.48. The van der Waals surface area contributed by atoms with E-state index < -0.39 is 17.2 Å². The van der Waals surface area contributed by atoms with Crippen molar-refractivity contribution in [3.05, 3.63) is 77.9 Å². The Hall–Kier alpha value is -3.06. The van der Waals surface area contributed by atoms with Gasteiger partial charge in [0.05, 0.1) is 13.1 Å². The molecule has 0 bridgehead atoms. The standard InChI is InChI=1S/C19H16F2N2O3/c1-2-17(24)22-16-5-3-12(4-6-16)18(25)23-10-19(26,11-23)13-7-14(20)9-15(21)8-13/h2-9,26H,1,10-11H2,(H,22,24). The van der Waals surface area contributed by atoms with Gasteiger partial charge in [-0.2, -0.15) is 0 Å². The van der Waals surface area contributed by atoms with Gasteiger partial charge in [0.15, 0.2) is 0 Å². The van der Waals surface area contributed by atoms with E-state index in [4.69, 9.17) is 0 Å². The highest BCUT2D eigenvalue weighted by Crippen LogP contribution is 2.33. The summed E-state index contributed by atoms with van der Waals surface area (Å²) in [5, 5.41) is 13.0. The molecular formula is C19H16F2N2O3. The Morgan fingerprint density at radius 1 is 1.12 bits per heavy atom. The molecule has 3 rings (SSSR count). The van der Waals surface area contributed by atoms with Crippen molar-refractivity contribution in [2.45, 2.75) is 5.60 Å². The van der Waals surface area contributed by atoms with Crippen molar-refractivity contribution in [3.63, 3.8) is 0 Å². The highest BCUT2D eigenvalue weighted by atomic mass is 19.1. The normalized spacial score (nSPS) is 15.1. The number of carbonyl (C=O) groups is 2. The number of carbonyl (C=O) groups excluding carboxylic acids is 2. The number of benzene rings is 2. The number of anilines is 1. The van der Waals surface area contributed by atoms with Crippen LogP contribution in [0.4, 0.5) is 14.5 Å². The smallest absolute Gasteiger partial charge is 0.254 e. The summed E-state index contributed by atoms with van der Waals surface area (Å²) in [6.45, 7) is 3.22. The van der Waals surface area contributed by atoms with Gasteiger partial charge in [-0.25, -0.2) is 8.78 Å². The lowest BCUT2D eigenvalue weighted by Gasteiger charge is -2.46. The number of halogens is 2. The van der Waals surface area contributed by atoms with Crippen LogP contribution in [0.5, 0.6) is 0 Å². The lowest BCUT2D eigenvalue weighted by Crippen LogP contribution is -2.61. The fraction of sp³-hybridized carbons (Fsp3) is 0.158. The number of likely N-dealkylation sites (tertiary alicyclic amines) is 1. The van der Waals surface area contributed by atoms with E-state index in [0.29, 0.717) is 11.3 Å². The number of rotatable bonds is 4. The second kappa shape index (κ2) is 6.68. The monoisotopic (exact) mass is 358 g/mol. The fourth-order valence-electron chi connectivity index (χ4n) is 2.81. The number of nitrogens with one attached hydrogen (secondary N) is 1. The van der Waals surface area contributed by atoms with E-state index in [2.05, 4.69) is 11.9 Å². The van der Waals surface area contributed by atoms with E-state index in [9.17, 15) is 23.5 Å². The van der Waals surface area contributed by atoms with E-state index in [-0.39, 0.29) is 30.5 Å². The van der Waals surface area contributed by atoms with Crippen molar-refractivity contribution in [2.75, 3.05) is 18.4 Å². The Morgan fingerprint density at radius 3 is 2.23 bits per heavy atom. The van der Waals surface area contributed by atoms with Crippen LogP contribution in [0.25, 0.3) is 0 Å². The fourth-order valence-corrected chi connectivity index (χ4v) is 2.81. The third-order valence-corrected chi connectivity index (χ3v) is 4.18. The van der Waals surface area contributed by atoms with E-state index in [1.54, 1.807) is 24.3 Å². The first-order valence-electron chi connectivity index (χ1n) is 7.82. The zero-order valence-corrected chi connectivity index (χ0v) is 13.7. The molecule has 2 amide bonds. The Morgan fingerprint density at radius 2 is 1.69 bits per heavy atom. The first-order valence-corrected chi connectivity index (χ1v) is 7.82. The predicted octanol–water partition coefficient (Wildman–Crippen LogP) is 2.43. The SMILES string of the molecule is C=CC(=O)Nc1ccc(C(=O)N2CC(O)(c3cc(F)cc(F)c3)C2)cc1. The minimum absolute atomic E-state index is 0.0658. The third kappa shape index (κ3) is 3.48. The number of nitrogens with zero attached hydrogens (tertiary/aromatic N) is 1. The number of hydrogen-bond acceptors (Lipinski definition) is 3. The summed E-state index contributed by atoms with van der Waals surface area (Å²) in [6.07, 6.45) is 1.13. The quantitative estimate of drug-likeness (QED) is 0.825. The van der Waals surface area contributed by atoms with Crippen molar-refractivity contribution in [1.82, 2.24) is 4.90 Å². The molecule has 1 saturated heterocycles. The Balaban J connectivity index is 1.67. The molecule has 5 nitrogen and oxygen atoms in total. The maximum atomic E-state index is 13.3. The van der Waals surface area contributed by atoms with Gasteiger partial charge < -0.3 is 15.3 Å². The van der Waals surface area contributed by atoms with Gasteiger partial charge in [-0.3, -0.25) is 9.59 Å². The average Bonchev–Trinajstić information content (AvgIpc) is 2.58. The zero-order chi connectivity index (χ0) is 18.9. The molecule has 1 heterocycles. The van der Waals surface area contributed by atoms with Gasteiger partial charge in [0.2, 0.25) is 5.91 Å². The molecule has 0 aliphatic carbocycles. The molecule has 0 spiro atoms. The molecule has 0 radical (unpaired) electrons. The highest BCUT2D eigenvalue weighted by Gasteiger charge is 2.45. The van der Waals surface area contributed by atoms with Crippen LogP contribution >= 0.6 is 0 Å². The van der Waals surface area contributed by atoms with Crippen LogP contribution in [0.2, 0.25) is 0 Å². The van der Waals surface area contributed by atoms with Gasteiger partial charge in [0.25, 0.3) is 5.91 Å². The second-order valence-corrected chi connectivity index (χ2v) is 6.12. The van der Waals surface area contributed by atoms with Crippen LogP contribution in [0.1, 0.15) is 15.9 Å². The van der Waals surface area contributed by atoms with Gasteiger partial charge in [0.1, 0.15) is 17.2 Å². The number of aliphatic hydroxyl groups is 1. The Kier molecular flexibility index (Phi) is 4.56. The molecule has 2 N–H and O–H groups in total. The van der Waals surface area contributed by atoms with E-state index in [0.717, 1.165) is 24.3 Å². The van der Waals surface area contributed by atoms with Crippen LogP contribution < -0.4 is 5.32 Å². The molecule has 1 aliphatic heterocycles. The summed E-state index contributed by atoms with van der Waals surface area (Å²) in [5.41, 5.74) is -0.492. The van der Waals surface area contributed by atoms with E-state index in [1.807, 2.05) is 0 Å². The summed E-state index contributed by atoms with van der Waals surface area (Å²) in [6, 6.07) is 9.07. The minimum Gasteiger partial charge on any atom is -0.381 e. The van der Waals surface area contributed by atoms with Gasteiger partial charge in [-0.05, 0) is 48.0 Å². The Bertz CT molecular complexity index is 855. The molecule has 2 aromatic carbocycles.